The van der Waals surface area contributed by atoms with E-state index < -0.39 is 11.2 Å². The van der Waals surface area contributed by atoms with E-state index in [1.54, 1.807) is 7.05 Å². The minimum atomic E-state index is -0.449. The van der Waals surface area contributed by atoms with E-state index in [0.29, 0.717) is 11.8 Å². The molecule has 3 aliphatic rings. The van der Waals surface area contributed by atoms with Gasteiger partial charge in [-0.05, 0) is 42.9 Å². The molecule has 1 amide bonds. The first kappa shape index (κ1) is 13.8. The molecule has 3 fully saturated rings. The highest BCUT2D eigenvalue weighted by molar-refractivity contribution is 5.92. The maximum absolute atomic E-state index is 12.8. The molecule has 2 heterocycles. The van der Waals surface area contributed by atoms with Crippen LogP contribution in [0.25, 0.3) is 0 Å². The molecule has 118 valence electrons. The van der Waals surface area contributed by atoms with E-state index in [1.165, 1.54) is 36.9 Å². The Morgan fingerprint density at radius 1 is 1.05 bits per heavy atom. The molecule has 4 atom stereocenters. The van der Waals surface area contributed by atoms with Crippen molar-refractivity contribution in [1.29, 1.82) is 0 Å². The van der Waals surface area contributed by atoms with Crippen molar-refractivity contribution < 1.29 is 4.79 Å². The summed E-state index contributed by atoms with van der Waals surface area (Å²) in [5.74, 6) is 2.64. The van der Waals surface area contributed by atoms with Crippen LogP contribution in [0.5, 0.6) is 0 Å². The molecule has 6 nitrogen and oxygen atoms in total. The summed E-state index contributed by atoms with van der Waals surface area (Å²) in [5, 5.41) is 0. The highest BCUT2D eigenvalue weighted by atomic mass is 16.2. The molecule has 0 aromatic carbocycles. The van der Waals surface area contributed by atoms with Crippen molar-refractivity contribution in [1.82, 2.24) is 14.0 Å². The van der Waals surface area contributed by atoms with E-state index >= 15 is 0 Å². The summed E-state index contributed by atoms with van der Waals surface area (Å²) in [4.78, 5) is 38.4. The van der Waals surface area contributed by atoms with E-state index in [-0.39, 0.29) is 11.6 Å². The number of nitrogens with zero attached hydrogens (tertiary/aromatic N) is 3. The summed E-state index contributed by atoms with van der Waals surface area (Å²) in [6.45, 7) is 1.57. The quantitative estimate of drug-likeness (QED) is 0.744. The van der Waals surface area contributed by atoms with Gasteiger partial charge in [-0.2, -0.15) is 0 Å². The predicted octanol–water partition coefficient (Wildman–Crippen LogP) is 0.202. The van der Waals surface area contributed by atoms with Crippen LogP contribution in [0, 0.1) is 23.7 Å². The topological polar surface area (TPSA) is 64.3 Å². The van der Waals surface area contributed by atoms with Gasteiger partial charge < -0.3 is 4.90 Å². The summed E-state index contributed by atoms with van der Waals surface area (Å²) in [5.41, 5.74) is -0.665. The Kier molecular flexibility index (Phi) is 2.86. The van der Waals surface area contributed by atoms with Gasteiger partial charge in [-0.3, -0.25) is 18.7 Å². The fourth-order valence-corrected chi connectivity index (χ4v) is 4.95. The summed E-state index contributed by atoms with van der Waals surface area (Å²) >= 11 is 0. The van der Waals surface area contributed by atoms with Crippen LogP contribution >= 0.6 is 0 Å². The van der Waals surface area contributed by atoms with Crippen molar-refractivity contribution >= 4 is 5.91 Å². The Hall–Kier alpha value is -1.85. The van der Waals surface area contributed by atoms with Crippen molar-refractivity contribution in [3.8, 4) is 0 Å². The maximum atomic E-state index is 12.8. The van der Waals surface area contributed by atoms with E-state index in [9.17, 15) is 14.4 Å². The first-order valence-electron chi connectivity index (χ1n) is 8.03. The number of fused-ring (bicyclic) bond motifs is 5. The predicted molar refractivity (Wildman–Crippen MR) is 80.6 cm³/mol. The molecule has 0 radical (unpaired) electrons. The molecule has 2 saturated carbocycles. The number of amides is 1. The zero-order valence-electron chi connectivity index (χ0n) is 13.0. The van der Waals surface area contributed by atoms with Crippen LogP contribution in [-0.2, 0) is 14.1 Å². The lowest BCUT2D eigenvalue weighted by molar-refractivity contribution is 0.0764. The fraction of sp³-hybridized carbons (Fsp3) is 0.688. The van der Waals surface area contributed by atoms with Crippen LogP contribution in [0.3, 0.4) is 0 Å². The lowest BCUT2D eigenvalue weighted by Gasteiger charge is -2.22. The Bertz CT molecular complexity index is 745. The number of likely N-dealkylation sites (tertiary alicyclic amines) is 1. The molecule has 4 rings (SSSR count). The van der Waals surface area contributed by atoms with Gasteiger partial charge in [0.15, 0.2) is 0 Å². The van der Waals surface area contributed by atoms with Gasteiger partial charge in [0, 0.05) is 33.3 Å². The van der Waals surface area contributed by atoms with Crippen LogP contribution in [0.2, 0.25) is 0 Å². The highest BCUT2D eigenvalue weighted by Crippen LogP contribution is 2.55. The molecule has 0 unspecified atom stereocenters. The second kappa shape index (κ2) is 4.57. The van der Waals surface area contributed by atoms with Crippen molar-refractivity contribution in [3.05, 3.63) is 32.6 Å². The van der Waals surface area contributed by atoms with Gasteiger partial charge in [-0.1, -0.05) is 0 Å². The zero-order chi connectivity index (χ0) is 15.6. The van der Waals surface area contributed by atoms with Gasteiger partial charge in [0.25, 0.3) is 11.5 Å². The van der Waals surface area contributed by atoms with Crippen molar-refractivity contribution in [3.63, 3.8) is 0 Å². The summed E-state index contributed by atoms with van der Waals surface area (Å²) in [6.07, 6.45) is 3.94. The Labute approximate surface area is 128 Å². The largest absolute Gasteiger partial charge is 0.337 e. The molecule has 6 heteroatoms. The van der Waals surface area contributed by atoms with Crippen LogP contribution in [0.4, 0.5) is 0 Å². The van der Waals surface area contributed by atoms with Crippen LogP contribution in [-0.4, -0.2) is 33.0 Å². The minimum absolute atomic E-state index is 0.175. The smallest absolute Gasteiger partial charge is 0.331 e. The molecule has 1 aromatic heterocycles. The van der Waals surface area contributed by atoms with Gasteiger partial charge >= 0.3 is 5.69 Å². The SMILES string of the molecule is Cn1c(C(=O)N2C[C@@H]3[C@@H]4CC[C@@H](C4)[C@@H]3C2)cc(=O)n(C)c1=O. The molecule has 1 aromatic rings. The molecule has 0 N–H and O–H groups in total. The Morgan fingerprint density at radius 2 is 1.64 bits per heavy atom. The lowest BCUT2D eigenvalue weighted by Crippen LogP contribution is -2.42. The molecule has 1 aliphatic heterocycles. The van der Waals surface area contributed by atoms with Gasteiger partial charge in [0.05, 0.1) is 0 Å². The minimum Gasteiger partial charge on any atom is -0.337 e. The van der Waals surface area contributed by atoms with E-state index in [0.717, 1.165) is 29.5 Å². The fourth-order valence-electron chi connectivity index (χ4n) is 4.95. The molecule has 2 bridgehead atoms. The molecule has 1 saturated heterocycles. The second-order valence-electron chi connectivity index (χ2n) is 7.14. The third-order valence-electron chi connectivity index (χ3n) is 6.17. The van der Waals surface area contributed by atoms with E-state index in [2.05, 4.69) is 0 Å². The number of hydrogen-bond acceptors (Lipinski definition) is 3. The van der Waals surface area contributed by atoms with Gasteiger partial charge in [0.1, 0.15) is 5.69 Å². The number of hydrogen-bond donors (Lipinski definition) is 0. The molecule has 22 heavy (non-hydrogen) atoms. The number of carbonyl (C=O) groups is 1. The highest BCUT2D eigenvalue weighted by Gasteiger charge is 2.52. The standard InChI is InChI=1S/C16H21N3O3/c1-17-13(6-14(20)18(2)16(17)22)15(21)19-7-11-9-3-4-10(5-9)12(11)8-19/h6,9-12H,3-5,7-8H2,1-2H3/t9-,10+,11-,12+. The second-order valence-corrected chi connectivity index (χ2v) is 7.14. The Morgan fingerprint density at radius 3 is 2.23 bits per heavy atom. The first-order chi connectivity index (χ1) is 10.5. The van der Waals surface area contributed by atoms with Crippen molar-refractivity contribution in [2.45, 2.75) is 19.3 Å². The average molecular weight is 303 g/mol. The number of aromatic nitrogens is 2. The normalized spacial score (nSPS) is 32.5. The van der Waals surface area contributed by atoms with Crippen molar-refractivity contribution in [2.75, 3.05) is 13.1 Å². The van der Waals surface area contributed by atoms with Crippen LogP contribution in [0.1, 0.15) is 29.8 Å². The van der Waals surface area contributed by atoms with Crippen molar-refractivity contribution in [2.24, 2.45) is 37.8 Å². The lowest BCUT2D eigenvalue weighted by atomic mass is 9.82. The summed E-state index contributed by atoms with van der Waals surface area (Å²) in [6, 6.07) is 1.28. The third kappa shape index (κ3) is 1.76. The molecular formula is C16H21N3O3. The van der Waals surface area contributed by atoms with Gasteiger partial charge in [-0.15, -0.1) is 0 Å². The van der Waals surface area contributed by atoms with Crippen LogP contribution < -0.4 is 11.2 Å². The van der Waals surface area contributed by atoms with E-state index in [1.807, 2.05) is 4.90 Å². The average Bonchev–Trinajstić information content (AvgIpc) is 3.19. The van der Waals surface area contributed by atoms with Gasteiger partial charge in [-0.25, -0.2) is 4.79 Å². The summed E-state index contributed by atoms with van der Waals surface area (Å²) in [7, 11) is 2.98. The van der Waals surface area contributed by atoms with Crippen LogP contribution in [0.15, 0.2) is 15.7 Å². The summed E-state index contributed by atoms with van der Waals surface area (Å²) < 4.78 is 2.31. The van der Waals surface area contributed by atoms with Gasteiger partial charge in [0.2, 0.25) is 0 Å². The first-order valence-corrected chi connectivity index (χ1v) is 8.03. The molecular weight excluding hydrogens is 282 g/mol. The maximum Gasteiger partial charge on any atom is 0.331 e. The third-order valence-corrected chi connectivity index (χ3v) is 6.17. The number of rotatable bonds is 1. The number of carbonyl (C=O) groups excluding carboxylic acids is 1. The molecule has 2 aliphatic carbocycles. The Balaban J connectivity index is 1.64. The monoisotopic (exact) mass is 303 g/mol. The molecule has 0 spiro atoms. The zero-order valence-corrected chi connectivity index (χ0v) is 13.0. The van der Waals surface area contributed by atoms with E-state index in [4.69, 9.17) is 0 Å².